The van der Waals surface area contributed by atoms with E-state index >= 15 is 0 Å². The molecule has 0 N–H and O–H groups in total. The minimum Gasteiger partial charge on any atom is -0.342 e. The number of hydrogen-bond acceptors (Lipinski definition) is 2. The monoisotopic (exact) mass is 494 g/mol. The van der Waals surface area contributed by atoms with Gasteiger partial charge in [-0.25, -0.2) is 0 Å². The van der Waals surface area contributed by atoms with E-state index in [0.29, 0.717) is 12.3 Å². The molecule has 0 aromatic heterocycles. The van der Waals surface area contributed by atoms with Crippen LogP contribution in [0.2, 0.25) is 0 Å². The van der Waals surface area contributed by atoms with E-state index in [0.717, 1.165) is 58.4 Å². The van der Waals surface area contributed by atoms with Gasteiger partial charge in [-0.05, 0) is 74.6 Å². The highest BCUT2D eigenvalue weighted by Gasteiger charge is 2.28. The number of carbonyl (C=O) groups excluding carboxylic acids is 1. The Balaban J connectivity index is 0.00000154. The molecule has 2 heterocycles. The number of rotatable bonds is 7. The normalized spacial score (nSPS) is 18.2. The van der Waals surface area contributed by atoms with E-state index in [1.165, 1.54) is 23.1 Å². The second-order valence-corrected chi connectivity index (χ2v) is 10.1. The predicted octanol–water partition coefficient (Wildman–Crippen LogP) is 8.54. The molecule has 202 valence electrons. The third kappa shape index (κ3) is 10.1. The number of benzene rings is 1. The molecule has 1 aromatic rings. The molecule has 0 bridgehead atoms. The molecule has 36 heavy (non-hydrogen) atoms. The van der Waals surface area contributed by atoms with Gasteiger partial charge in [0.2, 0.25) is 5.91 Å². The first-order chi connectivity index (χ1) is 17.4. The number of amides is 1. The standard InChI is InChI=1S/C29H42N2O.2C2H6/c1-5-12-24(6-2)28(25-13-8-7-9-14-25)26-16-21-30(22-17-26)19-10-15-27(32)31-20-11-18-29(3,4)23-31;2*1-2/h5-9,12-14H,10-11,15-23H2,1-4H3;2*1-2H3/b12-5-,24-6+;;. The molecule has 0 radical (unpaired) electrons. The van der Waals surface area contributed by atoms with Crippen molar-refractivity contribution in [3.05, 3.63) is 65.3 Å². The maximum absolute atomic E-state index is 12.7. The molecule has 0 aliphatic carbocycles. The molecule has 2 fully saturated rings. The highest BCUT2D eigenvalue weighted by Crippen LogP contribution is 2.33. The second-order valence-electron chi connectivity index (χ2n) is 10.1. The van der Waals surface area contributed by atoms with Gasteiger partial charge < -0.3 is 9.80 Å². The summed E-state index contributed by atoms with van der Waals surface area (Å²) >= 11 is 0. The van der Waals surface area contributed by atoms with Crippen molar-refractivity contribution in [2.24, 2.45) is 5.41 Å². The minimum atomic E-state index is 0.277. The molecule has 0 atom stereocenters. The molecular weight excluding hydrogens is 440 g/mol. The van der Waals surface area contributed by atoms with Crippen molar-refractivity contribution in [1.29, 1.82) is 0 Å². The Bertz CT molecular complexity index is 838. The molecule has 1 amide bonds. The van der Waals surface area contributed by atoms with Gasteiger partial charge in [-0.1, -0.05) is 95.7 Å². The molecule has 2 aliphatic rings. The molecule has 2 aliphatic heterocycles. The molecule has 0 spiro atoms. The number of likely N-dealkylation sites (tertiary alicyclic amines) is 2. The topological polar surface area (TPSA) is 23.6 Å². The number of carbonyl (C=O) groups is 1. The average Bonchev–Trinajstić information content (AvgIpc) is 2.91. The third-order valence-electron chi connectivity index (χ3n) is 6.94. The summed E-state index contributed by atoms with van der Waals surface area (Å²) in [6.07, 6.45) is 12.8. The van der Waals surface area contributed by atoms with Crippen molar-refractivity contribution in [2.75, 3.05) is 32.7 Å². The van der Waals surface area contributed by atoms with Crippen molar-refractivity contribution < 1.29 is 4.79 Å². The summed E-state index contributed by atoms with van der Waals surface area (Å²) in [4.78, 5) is 17.3. The molecule has 3 nitrogen and oxygen atoms in total. The van der Waals surface area contributed by atoms with Gasteiger partial charge in [0.25, 0.3) is 0 Å². The average molecular weight is 495 g/mol. The molecule has 0 unspecified atom stereocenters. The summed E-state index contributed by atoms with van der Waals surface area (Å²) in [6.45, 7) is 21.9. The summed E-state index contributed by atoms with van der Waals surface area (Å²) < 4.78 is 0. The van der Waals surface area contributed by atoms with Gasteiger partial charge in [0, 0.05) is 32.6 Å². The quantitative estimate of drug-likeness (QED) is 0.355. The Labute approximate surface area is 223 Å². The SMILES string of the molecule is C/C=C\C(=C/C)C(=C1CCN(CCCC(=O)N2CCCC(C)(C)C2)CC1)c1ccccc1.CC.CC. The highest BCUT2D eigenvalue weighted by molar-refractivity contribution is 5.84. The number of nitrogens with zero attached hydrogens (tertiary/aromatic N) is 2. The van der Waals surface area contributed by atoms with Crippen LogP contribution in [0.5, 0.6) is 0 Å². The van der Waals surface area contributed by atoms with Crippen LogP contribution in [0.3, 0.4) is 0 Å². The maximum atomic E-state index is 12.7. The Morgan fingerprint density at radius 3 is 2.17 bits per heavy atom. The van der Waals surface area contributed by atoms with Crippen LogP contribution >= 0.6 is 0 Å². The predicted molar refractivity (Wildman–Crippen MR) is 159 cm³/mol. The van der Waals surface area contributed by atoms with Crippen LogP contribution < -0.4 is 0 Å². The van der Waals surface area contributed by atoms with Crippen LogP contribution in [0, 0.1) is 5.41 Å². The lowest BCUT2D eigenvalue weighted by atomic mass is 9.84. The summed E-state index contributed by atoms with van der Waals surface area (Å²) in [5, 5.41) is 0. The van der Waals surface area contributed by atoms with Crippen LogP contribution in [0.4, 0.5) is 0 Å². The van der Waals surface area contributed by atoms with E-state index in [4.69, 9.17) is 0 Å². The van der Waals surface area contributed by atoms with E-state index in [9.17, 15) is 4.79 Å². The van der Waals surface area contributed by atoms with Crippen LogP contribution in [-0.2, 0) is 4.79 Å². The zero-order valence-electron chi connectivity index (χ0n) is 24.7. The van der Waals surface area contributed by atoms with Crippen LogP contribution in [-0.4, -0.2) is 48.4 Å². The van der Waals surface area contributed by atoms with Crippen molar-refractivity contribution in [3.8, 4) is 0 Å². The van der Waals surface area contributed by atoms with E-state index in [1.807, 2.05) is 27.7 Å². The van der Waals surface area contributed by atoms with Crippen molar-refractivity contribution in [2.45, 2.75) is 93.9 Å². The molecule has 1 aromatic carbocycles. The first-order valence-corrected chi connectivity index (χ1v) is 14.5. The minimum absolute atomic E-state index is 0.277. The Morgan fingerprint density at radius 1 is 0.972 bits per heavy atom. The zero-order chi connectivity index (χ0) is 27.0. The summed E-state index contributed by atoms with van der Waals surface area (Å²) in [6, 6.07) is 10.8. The molecule has 2 saturated heterocycles. The molecular formula is C33H54N2O. The third-order valence-corrected chi connectivity index (χ3v) is 6.94. The second kappa shape index (κ2) is 17.3. The maximum Gasteiger partial charge on any atom is 0.222 e. The Hall–Kier alpha value is -2.13. The first kappa shape index (κ1) is 31.9. The largest absolute Gasteiger partial charge is 0.342 e. The van der Waals surface area contributed by atoms with Crippen molar-refractivity contribution in [3.63, 3.8) is 0 Å². The lowest BCUT2D eigenvalue weighted by Gasteiger charge is -2.38. The Kier molecular flexibility index (Phi) is 15.4. The van der Waals surface area contributed by atoms with Gasteiger partial charge in [-0.3, -0.25) is 4.79 Å². The number of hydrogen-bond donors (Lipinski definition) is 0. The molecule has 0 saturated carbocycles. The van der Waals surface area contributed by atoms with Gasteiger partial charge in [-0.2, -0.15) is 0 Å². The van der Waals surface area contributed by atoms with E-state index in [2.05, 4.69) is 86.1 Å². The van der Waals surface area contributed by atoms with E-state index in [-0.39, 0.29) is 5.41 Å². The van der Waals surface area contributed by atoms with Gasteiger partial charge >= 0.3 is 0 Å². The summed E-state index contributed by atoms with van der Waals surface area (Å²) in [7, 11) is 0. The highest BCUT2D eigenvalue weighted by atomic mass is 16.2. The van der Waals surface area contributed by atoms with E-state index in [1.54, 1.807) is 5.57 Å². The first-order valence-electron chi connectivity index (χ1n) is 14.5. The smallest absolute Gasteiger partial charge is 0.222 e. The fourth-order valence-corrected chi connectivity index (χ4v) is 5.23. The molecule has 3 rings (SSSR count). The van der Waals surface area contributed by atoms with Gasteiger partial charge in [0.1, 0.15) is 0 Å². The summed E-state index contributed by atoms with van der Waals surface area (Å²) in [5.74, 6) is 0.353. The lowest BCUT2D eigenvalue weighted by molar-refractivity contribution is -0.134. The zero-order valence-corrected chi connectivity index (χ0v) is 24.7. The number of allylic oxidation sites excluding steroid dienone is 5. The van der Waals surface area contributed by atoms with Gasteiger partial charge in [0.05, 0.1) is 0 Å². The van der Waals surface area contributed by atoms with Crippen LogP contribution in [0.25, 0.3) is 5.57 Å². The fraction of sp³-hybridized carbons (Fsp3) is 0.606. The molecule has 3 heteroatoms. The van der Waals surface area contributed by atoms with Crippen LogP contribution in [0.1, 0.15) is 99.5 Å². The number of piperidine rings is 2. The van der Waals surface area contributed by atoms with Gasteiger partial charge in [0.15, 0.2) is 0 Å². The Morgan fingerprint density at radius 2 is 1.61 bits per heavy atom. The summed E-state index contributed by atoms with van der Waals surface area (Å²) in [5.41, 5.74) is 5.88. The van der Waals surface area contributed by atoms with Gasteiger partial charge in [-0.15, -0.1) is 0 Å². The lowest BCUT2D eigenvalue weighted by Crippen LogP contribution is -2.43. The fourth-order valence-electron chi connectivity index (χ4n) is 5.23. The van der Waals surface area contributed by atoms with E-state index < -0.39 is 0 Å². The van der Waals surface area contributed by atoms with Crippen molar-refractivity contribution >= 4 is 11.5 Å². The van der Waals surface area contributed by atoms with Crippen LogP contribution in [0.15, 0.2) is 59.7 Å². The van der Waals surface area contributed by atoms with Crippen molar-refractivity contribution in [1.82, 2.24) is 9.80 Å².